The van der Waals surface area contributed by atoms with Gasteiger partial charge in [-0.2, -0.15) is 0 Å². The van der Waals surface area contributed by atoms with Crippen LogP contribution in [0.5, 0.6) is 0 Å². The van der Waals surface area contributed by atoms with Gasteiger partial charge in [0.2, 0.25) is 0 Å². The first-order chi connectivity index (χ1) is 9.06. The Kier molecular flexibility index (Phi) is 4.69. The van der Waals surface area contributed by atoms with Crippen LogP contribution < -0.4 is 0 Å². The lowest BCUT2D eigenvalue weighted by atomic mass is 10.1. The Morgan fingerprint density at radius 1 is 1.42 bits per heavy atom. The third-order valence-electron chi connectivity index (χ3n) is 2.69. The van der Waals surface area contributed by atoms with Gasteiger partial charge in [0.05, 0.1) is 22.3 Å². The number of ketones is 1. The average molecular weight is 295 g/mol. The van der Waals surface area contributed by atoms with Gasteiger partial charge in [-0.15, -0.1) is 11.3 Å². The van der Waals surface area contributed by atoms with Crippen molar-refractivity contribution in [3.8, 4) is 0 Å². The number of thiazole rings is 1. The molecule has 0 spiro atoms. The second-order valence-electron chi connectivity index (χ2n) is 4.43. The third kappa shape index (κ3) is 3.86. The van der Waals surface area contributed by atoms with Gasteiger partial charge in [-0.25, -0.2) is 4.98 Å². The van der Waals surface area contributed by atoms with E-state index < -0.39 is 0 Å². The van der Waals surface area contributed by atoms with Gasteiger partial charge in [-0.1, -0.05) is 23.7 Å². The fraction of sp³-hybridized carbons (Fsp3) is 0.286. The summed E-state index contributed by atoms with van der Waals surface area (Å²) in [6, 6.07) is 7.13. The summed E-state index contributed by atoms with van der Waals surface area (Å²) in [6.07, 6.45) is 0. The molecule has 5 heteroatoms. The minimum Gasteiger partial charge on any atom is -0.293 e. The van der Waals surface area contributed by atoms with Crippen molar-refractivity contribution in [2.75, 3.05) is 13.6 Å². The van der Waals surface area contributed by atoms with Crippen LogP contribution in [0.4, 0.5) is 0 Å². The van der Waals surface area contributed by atoms with Crippen LogP contribution in [0.15, 0.2) is 29.6 Å². The number of hydrogen-bond donors (Lipinski definition) is 0. The molecule has 0 aliphatic heterocycles. The topological polar surface area (TPSA) is 33.2 Å². The largest absolute Gasteiger partial charge is 0.293 e. The zero-order chi connectivity index (χ0) is 13.8. The monoisotopic (exact) mass is 294 g/mol. The van der Waals surface area contributed by atoms with E-state index in [9.17, 15) is 4.79 Å². The summed E-state index contributed by atoms with van der Waals surface area (Å²) in [5.74, 6) is 0.0278. The number of rotatable bonds is 5. The van der Waals surface area contributed by atoms with Crippen LogP contribution >= 0.6 is 22.9 Å². The van der Waals surface area contributed by atoms with E-state index in [2.05, 4.69) is 4.98 Å². The SMILES string of the molecule is Cc1nc(CN(C)CC(=O)c2ccccc2Cl)cs1. The number of halogens is 1. The maximum Gasteiger partial charge on any atom is 0.178 e. The summed E-state index contributed by atoms with van der Waals surface area (Å²) in [5.41, 5.74) is 1.57. The Balaban J connectivity index is 1.97. The molecule has 100 valence electrons. The van der Waals surface area contributed by atoms with Crippen molar-refractivity contribution in [2.45, 2.75) is 13.5 Å². The molecule has 0 saturated heterocycles. The molecule has 0 N–H and O–H groups in total. The van der Waals surface area contributed by atoms with Crippen LogP contribution in [0.25, 0.3) is 0 Å². The zero-order valence-corrected chi connectivity index (χ0v) is 12.5. The normalized spacial score (nSPS) is 10.9. The van der Waals surface area contributed by atoms with E-state index >= 15 is 0 Å². The van der Waals surface area contributed by atoms with E-state index in [1.165, 1.54) is 0 Å². The third-order valence-corrected chi connectivity index (χ3v) is 3.84. The van der Waals surface area contributed by atoms with Crippen LogP contribution in [-0.4, -0.2) is 29.3 Å². The van der Waals surface area contributed by atoms with Gasteiger partial charge in [0.25, 0.3) is 0 Å². The molecular weight excluding hydrogens is 280 g/mol. The van der Waals surface area contributed by atoms with Gasteiger partial charge >= 0.3 is 0 Å². The number of aromatic nitrogens is 1. The van der Waals surface area contributed by atoms with Crippen LogP contribution in [0.3, 0.4) is 0 Å². The molecule has 1 heterocycles. The van der Waals surface area contributed by atoms with Crippen molar-refractivity contribution < 1.29 is 4.79 Å². The van der Waals surface area contributed by atoms with Gasteiger partial charge in [-0.05, 0) is 26.1 Å². The van der Waals surface area contributed by atoms with Crippen LogP contribution in [0.2, 0.25) is 5.02 Å². The highest BCUT2D eigenvalue weighted by Gasteiger charge is 2.13. The maximum atomic E-state index is 12.1. The van der Waals surface area contributed by atoms with Crippen molar-refractivity contribution in [1.29, 1.82) is 0 Å². The first-order valence-corrected chi connectivity index (χ1v) is 7.19. The number of aryl methyl sites for hydroxylation is 1. The molecule has 19 heavy (non-hydrogen) atoms. The lowest BCUT2D eigenvalue weighted by Crippen LogP contribution is -2.25. The van der Waals surface area contributed by atoms with Gasteiger partial charge in [0.1, 0.15) is 0 Å². The van der Waals surface area contributed by atoms with E-state index in [-0.39, 0.29) is 5.78 Å². The number of benzene rings is 1. The van der Waals surface area contributed by atoms with E-state index in [0.29, 0.717) is 23.7 Å². The summed E-state index contributed by atoms with van der Waals surface area (Å²) in [6.45, 7) is 2.98. The van der Waals surface area contributed by atoms with Crippen LogP contribution in [-0.2, 0) is 6.54 Å². The quantitative estimate of drug-likeness (QED) is 0.792. The predicted octanol–water partition coefficient (Wildman–Crippen LogP) is 3.42. The Bertz CT molecular complexity index is 582. The minimum absolute atomic E-state index is 0.0278. The lowest BCUT2D eigenvalue weighted by molar-refractivity contribution is 0.0942. The zero-order valence-electron chi connectivity index (χ0n) is 10.9. The van der Waals surface area contributed by atoms with Crippen molar-refractivity contribution in [3.63, 3.8) is 0 Å². The molecule has 0 saturated carbocycles. The average Bonchev–Trinajstić information content (AvgIpc) is 2.74. The Hall–Kier alpha value is -1.23. The molecule has 0 unspecified atom stereocenters. The summed E-state index contributed by atoms with van der Waals surface area (Å²) >= 11 is 7.64. The first-order valence-electron chi connectivity index (χ1n) is 5.93. The Morgan fingerprint density at radius 2 is 2.16 bits per heavy atom. The van der Waals surface area contributed by atoms with E-state index in [1.807, 2.05) is 36.4 Å². The van der Waals surface area contributed by atoms with E-state index in [0.717, 1.165) is 10.7 Å². The van der Waals surface area contributed by atoms with Crippen molar-refractivity contribution in [1.82, 2.24) is 9.88 Å². The highest BCUT2D eigenvalue weighted by molar-refractivity contribution is 7.09. The van der Waals surface area contributed by atoms with Crippen molar-refractivity contribution in [3.05, 3.63) is 50.9 Å². The molecule has 0 fully saturated rings. The minimum atomic E-state index is 0.0278. The van der Waals surface area contributed by atoms with E-state index in [1.54, 1.807) is 23.5 Å². The van der Waals surface area contributed by atoms with Gasteiger partial charge in [-0.3, -0.25) is 9.69 Å². The summed E-state index contributed by atoms with van der Waals surface area (Å²) in [5, 5.41) is 3.57. The van der Waals surface area contributed by atoms with Crippen molar-refractivity contribution in [2.24, 2.45) is 0 Å². The molecular formula is C14H15ClN2OS. The molecule has 1 aromatic heterocycles. The van der Waals surface area contributed by atoms with Crippen LogP contribution in [0.1, 0.15) is 21.1 Å². The van der Waals surface area contributed by atoms with E-state index in [4.69, 9.17) is 11.6 Å². The summed E-state index contributed by atoms with van der Waals surface area (Å²) < 4.78 is 0. The Morgan fingerprint density at radius 3 is 2.79 bits per heavy atom. The molecule has 1 aromatic carbocycles. The second-order valence-corrected chi connectivity index (χ2v) is 5.90. The summed E-state index contributed by atoms with van der Waals surface area (Å²) in [7, 11) is 1.91. The predicted molar refractivity (Wildman–Crippen MR) is 79.0 cm³/mol. The fourth-order valence-electron chi connectivity index (χ4n) is 1.83. The van der Waals surface area contributed by atoms with Gasteiger partial charge in [0.15, 0.2) is 5.78 Å². The van der Waals surface area contributed by atoms with Crippen molar-refractivity contribution >= 4 is 28.7 Å². The van der Waals surface area contributed by atoms with Crippen LogP contribution in [0, 0.1) is 6.92 Å². The number of carbonyl (C=O) groups is 1. The van der Waals surface area contributed by atoms with Gasteiger partial charge in [0, 0.05) is 17.5 Å². The molecule has 0 amide bonds. The lowest BCUT2D eigenvalue weighted by Gasteiger charge is -2.14. The first kappa shape index (κ1) is 14.2. The highest BCUT2D eigenvalue weighted by atomic mass is 35.5. The molecule has 0 bridgehead atoms. The molecule has 3 nitrogen and oxygen atoms in total. The number of nitrogens with zero attached hydrogens (tertiary/aromatic N) is 2. The molecule has 0 aliphatic carbocycles. The number of Topliss-reactive ketones (excluding diaryl/α,β-unsaturated/α-hetero) is 1. The molecule has 2 rings (SSSR count). The highest BCUT2D eigenvalue weighted by Crippen LogP contribution is 2.16. The standard InChI is InChI=1S/C14H15ClN2OS/c1-10-16-11(9-19-10)7-17(2)8-14(18)12-5-3-4-6-13(12)15/h3-6,9H,7-8H2,1-2H3. The molecule has 0 atom stereocenters. The van der Waals surface area contributed by atoms with Gasteiger partial charge < -0.3 is 0 Å². The maximum absolute atomic E-state index is 12.1. The molecule has 2 aromatic rings. The summed E-state index contributed by atoms with van der Waals surface area (Å²) in [4.78, 5) is 18.5. The number of carbonyl (C=O) groups excluding carboxylic acids is 1. The smallest absolute Gasteiger partial charge is 0.178 e. The molecule has 0 radical (unpaired) electrons. The second kappa shape index (κ2) is 6.28. The number of hydrogen-bond acceptors (Lipinski definition) is 4. The molecule has 0 aliphatic rings. The number of likely N-dealkylation sites (N-methyl/N-ethyl adjacent to an activating group) is 1. The Labute approximate surface area is 121 Å². The fourth-order valence-corrected chi connectivity index (χ4v) is 2.68.